The number of nitro benzene ring substituents is 1. The van der Waals surface area contributed by atoms with E-state index in [1.165, 1.54) is 12.1 Å². The molecule has 0 atom stereocenters. The molecule has 23 heavy (non-hydrogen) atoms. The van der Waals surface area contributed by atoms with Crippen molar-refractivity contribution in [2.75, 3.05) is 0 Å². The fourth-order valence-electron chi connectivity index (χ4n) is 2.50. The summed E-state index contributed by atoms with van der Waals surface area (Å²) in [6, 6.07) is 11.9. The van der Waals surface area contributed by atoms with Crippen LogP contribution in [0.4, 0.5) is 5.69 Å². The number of fused-ring (bicyclic) bond motifs is 1. The second kappa shape index (κ2) is 5.85. The van der Waals surface area contributed by atoms with E-state index in [4.69, 9.17) is 9.52 Å². The Morgan fingerprint density at radius 1 is 1.26 bits per heavy atom. The minimum absolute atomic E-state index is 0.167. The van der Waals surface area contributed by atoms with Crippen molar-refractivity contribution in [2.45, 2.75) is 6.42 Å². The van der Waals surface area contributed by atoms with Gasteiger partial charge >= 0.3 is 5.97 Å². The highest BCUT2D eigenvalue weighted by atomic mass is 79.9. The van der Waals surface area contributed by atoms with Crippen LogP contribution in [0.1, 0.15) is 5.56 Å². The van der Waals surface area contributed by atoms with Crippen LogP contribution in [-0.4, -0.2) is 16.0 Å². The fourth-order valence-corrected chi connectivity index (χ4v) is 3.10. The Balaban J connectivity index is 2.34. The molecule has 0 saturated carbocycles. The first-order chi connectivity index (χ1) is 11.0. The molecule has 0 unspecified atom stereocenters. The molecule has 1 heterocycles. The smallest absolute Gasteiger partial charge is 0.307 e. The van der Waals surface area contributed by atoms with Crippen LogP contribution < -0.4 is 0 Å². The number of carboxylic acid groups (broad SMARTS) is 1. The lowest BCUT2D eigenvalue weighted by molar-refractivity contribution is -0.384. The molecular weight excluding hydrogens is 366 g/mol. The standard InChI is InChI=1S/C16H10BrNO5/c17-16-14(9-4-2-1-3-5-9)12-8-11(18(21)22)6-10(7-13(19)20)15(12)23-16/h1-6,8H,7H2,(H,19,20). The summed E-state index contributed by atoms with van der Waals surface area (Å²) >= 11 is 3.32. The summed E-state index contributed by atoms with van der Waals surface area (Å²) in [6.07, 6.45) is -0.355. The molecule has 1 aromatic heterocycles. The van der Waals surface area contributed by atoms with Crippen LogP contribution in [0.2, 0.25) is 0 Å². The zero-order valence-electron chi connectivity index (χ0n) is 11.7. The highest BCUT2D eigenvalue weighted by Crippen LogP contribution is 2.41. The zero-order chi connectivity index (χ0) is 16.6. The molecule has 0 aliphatic heterocycles. The van der Waals surface area contributed by atoms with Crippen molar-refractivity contribution < 1.29 is 19.2 Å². The average molecular weight is 376 g/mol. The van der Waals surface area contributed by atoms with Crippen LogP contribution >= 0.6 is 15.9 Å². The van der Waals surface area contributed by atoms with E-state index in [-0.39, 0.29) is 17.7 Å². The van der Waals surface area contributed by atoms with Crippen molar-refractivity contribution in [2.24, 2.45) is 0 Å². The lowest BCUT2D eigenvalue weighted by atomic mass is 10.0. The summed E-state index contributed by atoms with van der Waals surface area (Å²) in [6.45, 7) is 0. The summed E-state index contributed by atoms with van der Waals surface area (Å²) in [7, 11) is 0. The summed E-state index contributed by atoms with van der Waals surface area (Å²) in [5, 5.41) is 20.7. The lowest BCUT2D eigenvalue weighted by Gasteiger charge is -2.02. The monoisotopic (exact) mass is 375 g/mol. The quantitative estimate of drug-likeness (QED) is 0.538. The maximum Gasteiger partial charge on any atom is 0.307 e. The van der Waals surface area contributed by atoms with E-state index in [1.807, 2.05) is 30.3 Å². The number of carboxylic acids is 1. The number of aliphatic carboxylic acids is 1. The maximum atomic E-state index is 11.2. The second-order valence-electron chi connectivity index (χ2n) is 4.93. The SMILES string of the molecule is O=C(O)Cc1cc([N+](=O)[O-])cc2c(-c3ccccc3)c(Br)oc12. The molecule has 0 aliphatic carbocycles. The molecule has 1 N–H and O–H groups in total. The molecule has 6 nitrogen and oxygen atoms in total. The Morgan fingerprint density at radius 3 is 2.57 bits per heavy atom. The third-order valence-corrected chi connectivity index (χ3v) is 3.98. The number of furan rings is 1. The topological polar surface area (TPSA) is 93.6 Å². The molecule has 3 aromatic rings. The molecule has 7 heteroatoms. The number of rotatable bonds is 4. The summed E-state index contributed by atoms with van der Waals surface area (Å²) in [4.78, 5) is 21.6. The first-order valence-corrected chi connectivity index (χ1v) is 7.43. The van der Waals surface area contributed by atoms with E-state index in [0.717, 1.165) is 5.56 Å². The number of nitrogens with zero attached hydrogens (tertiary/aromatic N) is 1. The van der Waals surface area contributed by atoms with Crippen molar-refractivity contribution in [3.8, 4) is 11.1 Å². The van der Waals surface area contributed by atoms with Gasteiger partial charge in [0.1, 0.15) is 5.58 Å². The van der Waals surface area contributed by atoms with E-state index in [0.29, 0.717) is 21.2 Å². The Kier molecular flexibility index (Phi) is 3.87. The molecular formula is C16H10BrNO5. The number of hydrogen-bond donors (Lipinski definition) is 1. The highest BCUT2D eigenvalue weighted by molar-refractivity contribution is 9.10. The first kappa shape index (κ1) is 15.2. The van der Waals surface area contributed by atoms with Crippen molar-refractivity contribution in [3.63, 3.8) is 0 Å². The van der Waals surface area contributed by atoms with Crippen molar-refractivity contribution in [1.29, 1.82) is 0 Å². The van der Waals surface area contributed by atoms with Crippen LogP contribution in [0, 0.1) is 10.1 Å². The predicted molar refractivity (Wildman–Crippen MR) is 87.3 cm³/mol. The minimum Gasteiger partial charge on any atom is -0.481 e. The molecule has 2 aromatic carbocycles. The van der Waals surface area contributed by atoms with E-state index in [1.54, 1.807) is 0 Å². The highest BCUT2D eigenvalue weighted by Gasteiger charge is 2.22. The summed E-state index contributed by atoms with van der Waals surface area (Å²) in [5.41, 5.74) is 1.92. The van der Waals surface area contributed by atoms with E-state index < -0.39 is 10.9 Å². The van der Waals surface area contributed by atoms with Crippen LogP contribution in [0.3, 0.4) is 0 Å². The number of halogens is 1. The van der Waals surface area contributed by atoms with Gasteiger partial charge in [-0.1, -0.05) is 30.3 Å². The molecule has 0 bridgehead atoms. The Morgan fingerprint density at radius 2 is 1.96 bits per heavy atom. The molecule has 0 spiro atoms. The first-order valence-electron chi connectivity index (χ1n) is 6.64. The van der Waals surface area contributed by atoms with Crippen LogP contribution in [0.25, 0.3) is 22.1 Å². The minimum atomic E-state index is -1.08. The largest absolute Gasteiger partial charge is 0.481 e. The summed E-state index contributed by atoms with van der Waals surface area (Å²) in [5.74, 6) is -1.08. The van der Waals surface area contributed by atoms with Gasteiger partial charge in [-0.15, -0.1) is 0 Å². The lowest BCUT2D eigenvalue weighted by Crippen LogP contribution is -2.01. The molecule has 0 radical (unpaired) electrons. The third kappa shape index (κ3) is 2.83. The Hall–Kier alpha value is -2.67. The van der Waals surface area contributed by atoms with Gasteiger partial charge in [-0.2, -0.15) is 0 Å². The van der Waals surface area contributed by atoms with Crippen LogP contribution in [-0.2, 0) is 11.2 Å². The second-order valence-corrected chi connectivity index (χ2v) is 5.65. The number of non-ortho nitro benzene ring substituents is 1. The molecule has 0 amide bonds. The van der Waals surface area contributed by atoms with Gasteiger partial charge in [-0.25, -0.2) is 0 Å². The van der Waals surface area contributed by atoms with Crippen molar-refractivity contribution in [1.82, 2.24) is 0 Å². The summed E-state index contributed by atoms with van der Waals surface area (Å²) < 4.78 is 6.06. The van der Waals surface area contributed by atoms with Gasteiger partial charge in [-0.3, -0.25) is 14.9 Å². The fraction of sp³-hybridized carbons (Fsp3) is 0.0625. The zero-order valence-corrected chi connectivity index (χ0v) is 13.2. The molecule has 0 saturated heterocycles. The van der Waals surface area contributed by atoms with Crippen LogP contribution in [0.15, 0.2) is 51.6 Å². The third-order valence-electron chi connectivity index (χ3n) is 3.42. The molecule has 0 fully saturated rings. The van der Waals surface area contributed by atoms with Crippen molar-refractivity contribution >= 4 is 38.6 Å². The maximum absolute atomic E-state index is 11.2. The van der Waals surface area contributed by atoms with Crippen LogP contribution in [0.5, 0.6) is 0 Å². The van der Waals surface area contributed by atoms with Gasteiger partial charge in [0, 0.05) is 28.6 Å². The Bertz CT molecular complexity index is 917. The number of nitro groups is 1. The number of benzene rings is 2. The van der Waals surface area contributed by atoms with Gasteiger partial charge in [0.05, 0.1) is 11.3 Å². The molecule has 116 valence electrons. The van der Waals surface area contributed by atoms with Gasteiger partial charge in [0.2, 0.25) is 0 Å². The molecule has 0 aliphatic rings. The van der Waals surface area contributed by atoms with E-state index in [2.05, 4.69) is 15.9 Å². The van der Waals surface area contributed by atoms with Gasteiger partial charge in [-0.05, 0) is 21.5 Å². The van der Waals surface area contributed by atoms with Gasteiger partial charge in [0.25, 0.3) is 5.69 Å². The van der Waals surface area contributed by atoms with E-state index >= 15 is 0 Å². The predicted octanol–water partition coefficient (Wildman–Crippen LogP) is 4.40. The van der Waals surface area contributed by atoms with E-state index in [9.17, 15) is 14.9 Å². The molecule has 3 rings (SSSR count). The van der Waals surface area contributed by atoms with Crippen molar-refractivity contribution in [3.05, 3.63) is 62.8 Å². The average Bonchev–Trinajstić information content (AvgIpc) is 2.84. The van der Waals surface area contributed by atoms with Gasteiger partial charge in [0.15, 0.2) is 4.67 Å². The number of hydrogen-bond acceptors (Lipinski definition) is 4. The normalized spacial score (nSPS) is 10.8. The van der Waals surface area contributed by atoms with Gasteiger partial charge < -0.3 is 9.52 Å². The Labute approximate surface area is 138 Å². The number of carbonyl (C=O) groups is 1.